The number of terminal acetylenes is 1. The fourth-order valence-corrected chi connectivity index (χ4v) is 1.84. The number of nitrogens with one attached hydrogen (secondary N) is 1. The van der Waals surface area contributed by atoms with Gasteiger partial charge in [-0.05, 0) is 0 Å². The van der Waals surface area contributed by atoms with Gasteiger partial charge in [0.05, 0.1) is 20.1 Å². The van der Waals surface area contributed by atoms with Gasteiger partial charge in [0.1, 0.15) is 0 Å². The number of hydrogen-bond donors (Lipinski definition) is 1. The van der Waals surface area contributed by atoms with Gasteiger partial charge in [0.2, 0.25) is 0 Å². The van der Waals surface area contributed by atoms with Crippen LogP contribution in [0.25, 0.3) is 0 Å². The molecule has 0 heterocycles. The Kier molecular flexibility index (Phi) is 9.06. The lowest BCUT2D eigenvalue weighted by Crippen LogP contribution is -2.38. The fraction of sp³-hybridized carbons (Fsp3) is 0.636. The number of hydrogen-bond acceptors (Lipinski definition) is 4. The lowest BCUT2D eigenvalue weighted by Gasteiger charge is -2.16. The summed E-state index contributed by atoms with van der Waals surface area (Å²) in [7, 11) is 3.07. The topological polar surface area (TPSA) is 58.6 Å². The molecule has 0 saturated heterocycles. The molecule has 0 bridgehead atoms. The van der Waals surface area contributed by atoms with E-state index in [4.69, 9.17) is 6.42 Å². The number of methoxy groups -OCH3 is 1. The van der Waals surface area contributed by atoms with E-state index < -0.39 is 0 Å². The Morgan fingerprint density at radius 1 is 1.47 bits per heavy atom. The van der Waals surface area contributed by atoms with Crippen molar-refractivity contribution in [3.8, 4) is 12.3 Å². The van der Waals surface area contributed by atoms with Gasteiger partial charge in [-0.25, -0.2) is 4.79 Å². The molecule has 6 heteroatoms. The average molecular weight is 258 g/mol. The van der Waals surface area contributed by atoms with Crippen LogP contribution >= 0.6 is 11.8 Å². The molecule has 0 aromatic carbocycles. The minimum atomic E-state index is -0.211. The van der Waals surface area contributed by atoms with Gasteiger partial charge in [0.15, 0.2) is 0 Å². The van der Waals surface area contributed by atoms with E-state index in [0.717, 1.165) is 5.75 Å². The quantitative estimate of drug-likeness (QED) is 0.412. The van der Waals surface area contributed by atoms with Gasteiger partial charge in [-0.3, -0.25) is 4.79 Å². The molecule has 17 heavy (non-hydrogen) atoms. The second-order valence-corrected chi connectivity index (χ2v) is 4.45. The van der Waals surface area contributed by atoms with Gasteiger partial charge in [-0.1, -0.05) is 5.92 Å². The Labute approximate surface area is 106 Å². The van der Waals surface area contributed by atoms with Gasteiger partial charge >= 0.3 is 12.0 Å². The third kappa shape index (κ3) is 8.46. The van der Waals surface area contributed by atoms with Crippen molar-refractivity contribution in [1.29, 1.82) is 0 Å². The zero-order chi connectivity index (χ0) is 13.1. The highest BCUT2D eigenvalue weighted by atomic mass is 32.2. The van der Waals surface area contributed by atoms with Crippen LogP contribution < -0.4 is 5.32 Å². The molecule has 0 aliphatic heterocycles. The predicted octanol–water partition coefficient (Wildman–Crippen LogP) is 0.557. The van der Waals surface area contributed by atoms with Crippen LogP contribution in [-0.2, 0) is 9.53 Å². The summed E-state index contributed by atoms with van der Waals surface area (Å²) in [5.74, 6) is 3.60. The molecular weight excluding hydrogens is 240 g/mol. The van der Waals surface area contributed by atoms with Crippen LogP contribution in [0.1, 0.15) is 6.42 Å². The van der Waals surface area contributed by atoms with Crippen LogP contribution in [0.15, 0.2) is 0 Å². The molecule has 0 fully saturated rings. The Morgan fingerprint density at radius 3 is 2.76 bits per heavy atom. The number of thioether (sulfide) groups is 1. The van der Waals surface area contributed by atoms with E-state index in [1.165, 1.54) is 7.11 Å². The first-order chi connectivity index (χ1) is 8.11. The molecule has 2 amide bonds. The summed E-state index contributed by atoms with van der Waals surface area (Å²) in [6.45, 7) is 0.848. The predicted molar refractivity (Wildman–Crippen MR) is 68.8 cm³/mol. The highest BCUT2D eigenvalue weighted by molar-refractivity contribution is 7.99. The van der Waals surface area contributed by atoms with Crippen LogP contribution in [0, 0.1) is 12.3 Å². The van der Waals surface area contributed by atoms with Gasteiger partial charge in [0, 0.05) is 25.1 Å². The van der Waals surface area contributed by atoms with Crippen LogP contribution in [0.5, 0.6) is 0 Å². The van der Waals surface area contributed by atoms with Gasteiger partial charge in [0.25, 0.3) is 0 Å². The first kappa shape index (κ1) is 15.7. The maximum atomic E-state index is 11.4. The number of ether oxygens (including phenoxy) is 1. The van der Waals surface area contributed by atoms with Gasteiger partial charge in [-0.2, -0.15) is 11.8 Å². The van der Waals surface area contributed by atoms with E-state index >= 15 is 0 Å². The lowest BCUT2D eigenvalue weighted by atomic mass is 10.5. The van der Waals surface area contributed by atoms with Gasteiger partial charge in [-0.15, -0.1) is 6.42 Å². The van der Waals surface area contributed by atoms with E-state index in [-0.39, 0.29) is 18.5 Å². The molecule has 0 aromatic rings. The van der Waals surface area contributed by atoms with E-state index in [1.807, 2.05) is 0 Å². The maximum Gasteiger partial charge on any atom is 0.317 e. The number of rotatable bonds is 7. The molecule has 96 valence electrons. The van der Waals surface area contributed by atoms with Gasteiger partial charge < -0.3 is 15.0 Å². The van der Waals surface area contributed by atoms with Crippen molar-refractivity contribution in [1.82, 2.24) is 10.2 Å². The van der Waals surface area contributed by atoms with Crippen LogP contribution in [0.2, 0.25) is 0 Å². The molecule has 0 aliphatic rings. The summed E-state index contributed by atoms with van der Waals surface area (Å²) in [6, 6.07) is -0.184. The number of carbonyl (C=O) groups is 2. The first-order valence-electron chi connectivity index (χ1n) is 5.18. The van der Waals surface area contributed by atoms with Crippen LogP contribution in [-0.4, -0.2) is 55.7 Å². The summed E-state index contributed by atoms with van der Waals surface area (Å²) in [4.78, 5) is 23.7. The number of nitrogens with zero attached hydrogens (tertiary/aromatic N) is 1. The Balaban J connectivity index is 3.51. The Morgan fingerprint density at radius 2 is 2.18 bits per heavy atom. The zero-order valence-corrected chi connectivity index (χ0v) is 11.0. The van der Waals surface area contributed by atoms with E-state index in [0.29, 0.717) is 18.7 Å². The molecule has 0 unspecified atom stereocenters. The summed E-state index contributed by atoms with van der Waals surface area (Å²) >= 11 is 1.60. The number of urea groups is 1. The normalized spacial score (nSPS) is 9.24. The van der Waals surface area contributed by atoms with Crippen LogP contribution in [0.4, 0.5) is 4.79 Å². The summed E-state index contributed by atoms with van der Waals surface area (Å²) < 4.78 is 4.51. The van der Waals surface area contributed by atoms with Crippen molar-refractivity contribution in [2.45, 2.75) is 6.42 Å². The monoisotopic (exact) mass is 258 g/mol. The van der Waals surface area contributed by atoms with Crippen molar-refractivity contribution in [2.75, 3.05) is 38.8 Å². The van der Waals surface area contributed by atoms with Crippen molar-refractivity contribution >= 4 is 23.8 Å². The maximum absolute atomic E-state index is 11.4. The average Bonchev–Trinajstić information content (AvgIpc) is 2.34. The molecule has 5 nitrogen and oxygen atoms in total. The molecule has 0 rings (SSSR count). The van der Waals surface area contributed by atoms with Crippen molar-refractivity contribution in [3.63, 3.8) is 0 Å². The summed E-state index contributed by atoms with van der Waals surface area (Å²) in [6.07, 6.45) is 5.42. The smallest absolute Gasteiger partial charge is 0.317 e. The minimum Gasteiger partial charge on any atom is -0.469 e. The highest BCUT2D eigenvalue weighted by Gasteiger charge is 2.06. The third-order valence-electron chi connectivity index (χ3n) is 1.94. The largest absolute Gasteiger partial charge is 0.469 e. The second-order valence-electron chi connectivity index (χ2n) is 3.22. The molecule has 0 aliphatic carbocycles. The van der Waals surface area contributed by atoms with Crippen LogP contribution in [0.3, 0.4) is 0 Å². The highest BCUT2D eigenvalue weighted by Crippen LogP contribution is 2.03. The Hall–Kier alpha value is -1.35. The molecule has 0 saturated carbocycles. The standard InChI is InChI=1S/C11H18N2O3S/c1-4-6-12-11(15)13(2)7-9-17-8-5-10(14)16-3/h1H,5-9H2,2-3H3,(H,12,15). The number of esters is 1. The van der Waals surface area contributed by atoms with E-state index in [9.17, 15) is 9.59 Å². The van der Waals surface area contributed by atoms with Crippen molar-refractivity contribution in [3.05, 3.63) is 0 Å². The van der Waals surface area contributed by atoms with E-state index in [1.54, 1.807) is 23.7 Å². The fourth-order valence-electron chi connectivity index (χ4n) is 0.924. The van der Waals surface area contributed by atoms with Crippen molar-refractivity contribution < 1.29 is 14.3 Å². The van der Waals surface area contributed by atoms with E-state index in [2.05, 4.69) is 16.0 Å². The first-order valence-corrected chi connectivity index (χ1v) is 6.34. The Bertz CT molecular complexity index is 289. The number of carbonyl (C=O) groups excluding carboxylic acids is 2. The molecular formula is C11H18N2O3S. The van der Waals surface area contributed by atoms with Crippen molar-refractivity contribution in [2.24, 2.45) is 0 Å². The third-order valence-corrected chi connectivity index (χ3v) is 2.90. The molecule has 0 spiro atoms. The zero-order valence-electron chi connectivity index (χ0n) is 10.2. The summed E-state index contributed by atoms with van der Waals surface area (Å²) in [5.41, 5.74) is 0. The SMILES string of the molecule is C#CCNC(=O)N(C)CCSCCC(=O)OC. The molecule has 0 aromatic heterocycles. The molecule has 1 N–H and O–H groups in total. The summed E-state index contributed by atoms with van der Waals surface area (Å²) in [5, 5.41) is 2.57. The lowest BCUT2D eigenvalue weighted by molar-refractivity contribution is -0.140. The number of amides is 2. The molecule has 0 radical (unpaired) electrons. The minimum absolute atomic E-state index is 0.184. The molecule has 0 atom stereocenters. The second kappa shape index (κ2) is 9.85.